The van der Waals surface area contributed by atoms with Gasteiger partial charge in [0.25, 0.3) is 0 Å². The molecule has 0 unspecified atom stereocenters. The first-order chi connectivity index (χ1) is 6.81. The number of carbonyl (C=O) groups excluding carboxylic acids is 2. The Kier molecular flexibility index (Phi) is 9.40. The molecule has 6 heteroatoms. The Labute approximate surface area is 82.2 Å². The van der Waals surface area contributed by atoms with E-state index in [-0.39, 0.29) is 32.3 Å². The van der Waals surface area contributed by atoms with E-state index >= 15 is 0 Å². The number of hydrogen-bond acceptors (Lipinski definition) is 5. The molecule has 0 saturated heterocycles. The van der Waals surface area contributed by atoms with Gasteiger partial charge in [0, 0.05) is 6.54 Å². The third-order valence-electron chi connectivity index (χ3n) is 1.22. The molecule has 0 aromatic heterocycles. The highest BCUT2D eigenvalue weighted by molar-refractivity contribution is 5.77. The summed E-state index contributed by atoms with van der Waals surface area (Å²) in [5, 5.41) is 10.9. The zero-order valence-electron chi connectivity index (χ0n) is 7.90. The summed E-state index contributed by atoms with van der Waals surface area (Å²) < 4.78 is 9.56. The highest BCUT2D eigenvalue weighted by Gasteiger charge is 1.99. The van der Waals surface area contributed by atoms with Crippen LogP contribution in [-0.2, 0) is 19.1 Å². The molecule has 1 amide bonds. The molecule has 0 aromatic carbocycles. The summed E-state index contributed by atoms with van der Waals surface area (Å²) in [6.07, 6.45) is 0.581. The molecule has 6 nitrogen and oxygen atoms in total. The van der Waals surface area contributed by atoms with Gasteiger partial charge in [-0.3, -0.25) is 4.79 Å². The monoisotopic (exact) mass is 205 g/mol. The van der Waals surface area contributed by atoms with E-state index in [0.717, 1.165) is 0 Å². The van der Waals surface area contributed by atoms with E-state index in [9.17, 15) is 9.59 Å². The van der Waals surface area contributed by atoms with Crippen molar-refractivity contribution in [2.24, 2.45) is 0 Å². The van der Waals surface area contributed by atoms with Gasteiger partial charge in [-0.15, -0.1) is 0 Å². The second-order valence-corrected chi connectivity index (χ2v) is 2.37. The molecule has 0 saturated carbocycles. The molecule has 0 fully saturated rings. The maximum absolute atomic E-state index is 10.9. The van der Waals surface area contributed by atoms with Crippen LogP contribution in [0.2, 0.25) is 0 Å². The number of hydrogen-bond donors (Lipinski definition) is 2. The molecular weight excluding hydrogens is 190 g/mol. The number of aliphatic hydroxyl groups is 1. The SMILES string of the molecule is O=CCOCC(=O)NCCOCCO. The molecule has 14 heavy (non-hydrogen) atoms. The Bertz CT molecular complexity index is 162. The molecule has 0 bridgehead atoms. The Balaban J connectivity index is 3.14. The van der Waals surface area contributed by atoms with Crippen molar-refractivity contribution < 1.29 is 24.2 Å². The van der Waals surface area contributed by atoms with Crippen LogP contribution in [0.15, 0.2) is 0 Å². The van der Waals surface area contributed by atoms with Crippen LogP contribution < -0.4 is 5.32 Å². The highest BCUT2D eigenvalue weighted by Crippen LogP contribution is 1.75. The predicted molar refractivity (Wildman–Crippen MR) is 47.8 cm³/mol. The van der Waals surface area contributed by atoms with E-state index in [1.54, 1.807) is 0 Å². The Morgan fingerprint density at radius 3 is 2.79 bits per heavy atom. The zero-order chi connectivity index (χ0) is 10.6. The Morgan fingerprint density at radius 2 is 2.14 bits per heavy atom. The molecule has 0 aliphatic carbocycles. The van der Waals surface area contributed by atoms with Gasteiger partial charge < -0.3 is 24.7 Å². The summed E-state index contributed by atoms with van der Waals surface area (Å²) >= 11 is 0. The molecule has 0 rings (SSSR count). The normalized spacial score (nSPS) is 9.79. The Morgan fingerprint density at radius 1 is 1.36 bits per heavy atom. The Hall–Kier alpha value is -0.980. The third kappa shape index (κ3) is 9.11. The van der Waals surface area contributed by atoms with E-state index < -0.39 is 0 Å². The molecule has 0 radical (unpaired) electrons. The topological polar surface area (TPSA) is 84.9 Å². The highest BCUT2D eigenvalue weighted by atomic mass is 16.5. The van der Waals surface area contributed by atoms with Crippen LogP contribution >= 0.6 is 0 Å². The van der Waals surface area contributed by atoms with Gasteiger partial charge in [-0.25, -0.2) is 0 Å². The largest absolute Gasteiger partial charge is 0.394 e. The standard InChI is InChI=1S/C8H15NO5/c10-2-5-13-4-1-9-8(12)7-14-6-3-11/h3,10H,1-2,4-7H2,(H,9,12). The van der Waals surface area contributed by atoms with E-state index in [1.807, 2.05) is 0 Å². The quantitative estimate of drug-likeness (QED) is 0.347. The van der Waals surface area contributed by atoms with Gasteiger partial charge in [0.2, 0.25) is 5.91 Å². The maximum atomic E-state index is 10.9. The smallest absolute Gasteiger partial charge is 0.246 e. The molecule has 82 valence electrons. The van der Waals surface area contributed by atoms with Gasteiger partial charge in [-0.1, -0.05) is 0 Å². The van der Waals surface area contributed by atoms with Crippen LogP contribution in [0.3, 0.4) is 0 Å². The minimum Gasteiger partial charge on any atom is -0.394 e. The first-order valence-electron chi connectivity index (χ1n) is 4.28. The lowest BCUT2D eigenvalue weighted by molar-refractivity contribution is -0.127. The number of rotatable bonds is 9. The molecular formula is C8H15NO5. The minimum atomic E-state index is -0.292. The predicted octanol–water partition coefficient (Wildman–Crippen LogP) is -1.67. The second-order valence-electron chi connectivity index (χ2n) is 2.37. The zero-order valence-corrected chi connectivity index (χ0v) is 7.90. The van der Waals surface area contributed by atoms with Crippen molar-refractivity contribution >= 4 is 12.2 Å². The summed E-state index contributed by atoms with van der Waals surface area (Å²) in [6.45, 7) is 0.740. The average molecular weight is 205 g/mol. The summed E-state index contributed by atoms with van der Waals surface area (Å²) in [4.78, 5) is 20.7. The van der Waals surface area contributed by atoms with Gasteiger partial charge in [0.05, 0.1) is 19.8 Å². The number of amides is 1. The van der Waals surface area contributed by atoms with Crippen molar-refractivity contribution in [1.29, 1.82) is 0 Å². The minimum absolute atomic E-state index is 0.0314. The van der Waals surface area contributed by atoms with Gasteiger partial charge in [0.1, 0.15) is 19.5 Å². The van der Waals surface area contributed by atoms with Crippen LogP contribution in [0.5, 0.6) is 0 Å². The van der Waals surface area contributed by atoms with Crippen molar-refractivity contribution in [3.05, 3.63) is 0 Å². The van der Waals surface area contributed by atoms with Crippen LogP contribution in [0.4, 0.5) is 0 Å². The van der Waals surface area contributed by atoms with Crippen molar-refractivity contribution in [3.63, 3.8) is 0 Å². The van der Waals surface area contributed by atoms with Gasteiger partial charge in [0.15, 0.2) is 0 Å². The lowest BCUT2D eigenvalue weighted by Gasteiger charge is -2.04. The summed E-state index contributed by atoms with van der Waals surface area (Å²) in [6, 6.07) is 0. The van der Waals surface area contributed by atoms with Crippen LogP contribution in [0.25, 0.3) is 0 Å². The summed E-state index contributed by atoms with van der Waals surface area (Å²) in [7, 11) is 0. The first kappa shape index (κ1) is 13.0. The van der Waals surface area contributed by atoms with Crippen molar-refractivity contribution in [3.8, 4) is 0 Å². The fourth-order valence-electron chi connectivity index (χ4n) is 0.680. The lowest BCUT2D eigenvalue weighted by Crippen LogP contribution is -2.31. The molecule has 0 heterocycles. The molecule has 2 N–H and O–H groups in total. The van der Waals surface area contributed by atoms with Crippen LogP contribution in [0, 0.1) is 0 Å². The third-order valence-corrected chi connectivity index (χ3v) is 1.22. The summed E-state index contributed by atoms with van der Waals surface area (Å²) in [5.41, 5.74) is 0. The van der Waals surface area contributed by atoms with Gasteiger partial charge in [-0.05, 0) is 0 Å². The number of aldehydes is 1. The second kappa shape index (κ2) is 10.1. The fraction of sp³-hybridized carbons (Fsp3) is 0.750. The maximum Gasteiger partial charge on any atom is 0.246 e. The van der Waals surface area contributed by atoms with E-state index in [2.05, 4.69) is 10.1 Å². The fourth-order valence-corrected chi connectivity index (χ4v) is 0.680. The van der Waals surface area contributed by atoms with Gasteiger partial charge >= 0.3 is 0 Å². The van der Waals surface area contributed by atoms with E-state index in [0.29, 0.717) is 19.4 Å². The number of nitrogens with one attached hydrogen (secondary N) is 1. The van der Waals surface area contributed by atoms with E-state index in [4.69, 9.17) is 9.84 Å². The number of carbonyl (C=O) groups is 2. The average Bonchev–Trinajstić information content (AvgIpc) is 2.18. The molecule has 0 aromatic rings. The van der Waals surface area contributed by atoms with E-state index in [1.165, 1.54) is 0 Å². The molecule has 0 atom stereocenters. The van der Waals surface area contributed by atoms with Crippen LogP contribution in [-0.4, -0.2) is 56.9 Å². The lowest BCUT2D eigenvalue weighted by atomic mass is 10.6. The number of aliphatic hydroxyl groups excluding tert-OH is 1. The molecule has 0 aliphatic heterocycles. The van der Waals surface area contributed by atoms with Crippen molar-refractivity contribution in [2.75, 3.05) is 39.6 Å². The molecule has 0 aliphatic rings. The number of ether oxygens (including phenoxy) is 2. The van der Waals surface area contributed by atoms with Gasteiger partial charge in [-0.2, -0.15) is 0 Å². The molecule has 0 spiro atoms. The van der Waals surface area contributed by atoms with Crippen LogP contribution in [0.1, 0.15) is 0 Å². The van der Waals surface area contributed by atoms with Crippen molar-refractivity contribution in [1.82, 2.24) is 5.32 Å². The first-order valence-corrected chi connectivity index (χ1v) is 4.28. The summed E-state index contributed by atoms with van der Waals surface area (Å²) in [5.74, 6) is -0.292. The van der Waals surface area contributed by atoms with Crippen molar-refractivity contribution in [2.45, 2.75) is 0 Å².